The molecule has 20 heavy (non-hydrogen) atoms. The fraction of sp³-hybridized carbons (Fsp3) is 0.0625. The molecule has 0 saturated carbocycles. The molecule has 2 aromatic carbocycles. The van der Waals surface area contributed by atoms with Gasteiger partial charge in [0.1, 0.15) is 5.75 Å². The molecule has 102 valence electrons. The van der Waals surface area contributed by atoms with E-state index in [1.165, 1.54) is 0 Å². The maximum atomic E-state index is 11.6. The summed E-state index contributed by atoms with van der Waals surface area (Å²) in [5, 5.41) is 0. The number of ether oxygens (including phenoxy) is 1. The molecule has 2 rings (SSSR count). The monoisotopic (exact) mass is 268 g/mol. The molecule has 0 radical (unpaired) electrons. The van der Waals surface area contributed by atoms with Crippen LogP contribution in [0.25, 0.3) is 5.70 Å². The van der Waals surface area contributed by atoms with Crippen molar-refractivity contribution in [1.29, 1.82) is 0 Å². The molecule has 0 saturated heterocycles. The molecule has 0 aromatic heterocycles. The second-order valence-corrected chi connectivity index (χ2v) is 4.30. The number of amides is 1. The van der Waals surface area contributed by atoms with Crippen molar-refractivity contribution in [2.75, 3.05) is 0 Å². The van der Waals surface area contributed by atoms with Gasteiger partial charge in [0.15, 0.2) is 0 Å². The topological polar surface area (TPSA) is 50.4 Å². The van der Waals surface area contributed by atoms with Crippen LogP contribution in [0, 0.1) is 6.92 Å². The van der Waals surface area contributed by atoms with Crippen LogP contribution in [0.4, 0.5) is 4.79 Å². The van der Waals surface area contributed by atoms with E-state index in [1.54, 1.807) is 24.3 Å². The molecule has 0 aliphatic heterocycles. The van der Waals surface area contributed by atoms with E-state index in [0.29, 0.717) is 11.4 Å². The van der Waals surface area contributed by atoms with Crippen molar-refractivity contribution in [3.8, 4) is 5.75 Å². The van der Waals surface area contributed by atoms with Crippen LogP contribution in [0.15, 0.2) is 61.2 Å². The SMILES string of the molecule is C=C(NNC(=O)Oc1ccccc1)c1ccc(C)cc1. The predicted molar refractivity (Wildman–Crippen MR) is 79.0 cm³/mol. The summed E-state index contributed by atoms with van der Waals surface area (Å²) in [4.78, 5) is 11.6. The Balaban J connectivity index is 1.84. The van der Waals surface area contributed by atoms with Gasteiger partial charge in [-0.3, -0.25) is 5.43 Å². The van der Waals surface area contributed by atoms with Crippen LogP contribution in [-0.2, 0) is 0 Å². The fourth-order valence-corrected chi connectivity index (χ4v) is 1.57. The van der Waals surface area contributed by atoms with E-state index < -0.39 is 6.09 Å². The first-order valence-electron chi connectivity index (χ1n) is 6.20. The van der Waals surface area contributed by atoms with E-state index in [-0.39, 0.29) is 0 Å². The molecular formula is C16H16N2O2. The normalized spacial score (nSPS) is 9.65. The Hall–Kier alpha value is -2.75. The van der Waals surface area contributed by atoms with Crippen molar-refractivity contribution < 1.29 is 9.53 Å². The van der Waals surface area contributed by atoms with Crippen LogP contribution in [0.1, 0.15) is 11.1 Å². The predicted octanol–water partition coefficient (Wildman–Crippen LogP) is 3.26. The van der Waals surface area contributed by atoms with Crippen molar-refractivity contribution in [1.82, 2.24) is 10.9 Å². The second-order valence-electron chi connectivity index (χ2n) is 4.30. The zero-order valence-corrected chi connectivity index (χ0v) is 11.2. The van der Waals surface area contributed by atoms with Crippen molar-refractivity contribution in [2.24, 2.45) is 0 Å². The molecule has 4 nitrogen and oxygen atoms in total. The van der Waals surface area contributed by atoms with Crippen molar-refractivity contribution in [3.63, 3.8) is 0 Å². The van der Waals surface area contributed by atoms with Crippen LogP contribution >= 0.6 is 0 Å². The van der Waals surface area contributed by atoms with E-state index in [4.69, 9.17) is 4.74 Å². The number of benzene rings is 2. The molecule has 0 fully saturated rings. The summed E-state index contributed by atoms with van der Waals surface area (Å²) in [5.74, 6) is 0.479. The summed E-state index contributed by atoms with van der Waals surface area (Å²) >= 11 is 0. The quantitative estimate of drug-likeness (QED) is 0.837. The van der Waals surface area contributed by atoms with Gasteiger partial charge in [-0.1, -0.05) is 54.6 Å². The zero-order chi connectivity index (χ0) is 14.4. The van der Waals surface area contributed by atoms with Crippen LogP contribution in [-0.4, -0.2) is 6.09 Å². The summed E-state index contributed by atoms with van der Waals surface area (Å²) in [7, 11) is 0. The molecule has 0 unspecified atom stereocenters. The molecule has 4 heteroatoms. The van der Waals surface area contributed by atoms with Gasteiger partial charge < -0.3 is 4.74 Å². The van der Waals surface area contributed by atoms with Crippen LogP contribution in [0.3, 0.4) is 0 Å². The third-order valence-corrected chi connectivity index (χ3v) is 2.67. The van der Waals surface area contributed by atoms with Crippen LogP contribution in [0.2, 0.25) is 0 Å². The Morgan fingerprint density at radius 3 is 2.30 bits per heavy atom. The molecular weight excluding hydrogens is 252 g/mol. The minimum Gasteiger partial charge on any atom is -0.409 e. The second kappa shape index (κ2) is 6.43. The third kappa shape index (κ3) is 3.88. The van der Waals surface area contributed by atoms with Gasteiger partial charge in [0.2, 0.25) is 0 Å². The number of rotatable bonds is 4. The summed E-state index contributed by atoms with van der Waals surface area (Å²) in [6.07, 6.45) is -0.593. The molecule has 0 aliphatic carbocycles. The number of hydrogen-bond donors (Lipinski definition) is 2. The lowest BCUT2D eigenvalue weighted by Crippen LogP contribution is -2.37. The summed E-state index contributed by atoms with van der Waals surface area (Å²) in [6, 6.07) is 16.6. The minimum absolute atomic E-state index is 0.479. The third-order valence-electron chi connectivity index (χ3n) is 2.67. The summed E-state index contributed by atoms with van der Waals surface area (Å²) < 4.78 is 5.07. The summed E-state index contributed by atoms with van der Waals surface area (Å²) in [6.45, 7) is 5.86. The number of aryl methyl sites for hydroxylation is 1. The molecule has 2 aromatic rings. The number of nitrogens with one attached hydrogen (secondary N) is 2. The number of para-hydroxylation sites is 1. The maximum Gasteiger partial charge on any atom is 0.431 e. The highest BCUT2D eigenvalue weighted by atomic mass is 16.6. The van der Waals surface area contributed by atoms with Crippen molar-refractivity contribution >= 4 is 11.8 Å². The number of carbonyl (C=O) groups excluding carboxylic acids is 1. The lowest BCUT2D eigenvalue weighted by molar-refractivity contribution is 0.198. The lowest BCUT2D eigenvalue weighted by atomic mass is 10.1. The maximum absolute atomic E-state index is 11.6. The average Bonchev–Trinajstić information content (AvgIpc) is 2.46. The largest absolute Gasteiger partial charge is 0.431 e. The first-order chi connectivity index (χ1) is 9.65. The Kier molecular flexibility index (Phi) is 4.39. The lowest BCUT2D eigenvalue weighted by Gasteiger charge is -2.11. The average molecular weight is 268 g/mol. The number of carbonyl (C=O) groups is 1. The molecule has 0 atom stereocenters. The smallest absolute Gasteiger partial charge is 0.409 e. The molecule has 1 amide bonds. The van der Waals surface area contributed by atoms with Gasteiger partial charge in [0.05, 0.1) is 5.70 Å². The van der Waals surface area contributed by atoms with Gasteiger partial charge in [-0.2, -0.15) is 0 Å². The van der Waals surface area contributed by atoms with Gasteiger partial charge >= 0.3 is 6.09 Å². The van der Waals surface area contributed by atoms with Crippen LogP contribution in [0.5, 0.6) is 5.75 Å². The van der Waals surface area contributed by atoms with E-state index in [1.807, 2.05) is 37.3 Å². The highest BCUT2D eigenvalue weighted by molar-refractivity contribution is 5.72. The minimum atomic E-state index is -0.593. The first kappa shape index (κ1) is 13.7. The summed E-state index contributed by atoms with van der Waals surface area (Å²) in [5.41, 5.74) is 7.81. The van der Waals surface area contributed by atoms with Gasteiger partial charge in [-0.05, 0) is 24.6 Å². The molecule has 0 heterocycles. The molecule has 0 aliphatic rings. The first-order valence-corrected chi connectivity index (χ1v) is 6.20. The van der Waals surface area contributed by atoms with Crippen molar-refractivity contribution in [3.05, 3.63) is 72.3 Å². The Morgan fingerprint density at radius 1 is 1.00 bits per heavy atom. The van der Waals surface area contributed by atoms with Crippen LogP contribution < -0.4 is 15.6 Å². The Morgan fingerprint density at radius 2 is 1.65 bits per heavy atom. The van der Waals surface area contributed by atoms with E-state index in [2.05, 4.69) is 17.4 Å². The number of hydrazine groups is 1. The Bertz CT molecular complexity index is 592. The fourth-order valence-electron chi connectivity index (χ4n) is 1.57. The van der Waals surface area contributed by atoms with E-state index in [0.717, 1.165) is 11.1 Å². The highest BCUT2D eigenvalue weighted by Crippen LogP contribution is 2.10. The van der Waals surface area contributed by atoms with E-state index in [9.17, 15) is 4.79 Å². The zero-order valence-electron chi connectivity index (χ0n) is 11.2. The molecule has 2 N–H and O–H groups in total. The van der Waals surface area contributed by atoms with Gasteiger partial charge in [-0.15, -0.1) is 0 Å². The standard InChI is InChI=1S/C16H16N2O2/c1-12-8-10-14(11-9-12)13(2)17-18-16(19)20-15-6-4-3-5-7-15/h3-11,17H,2H2,1H3,(H,18,19). The number of hydrogen-bond acceptors (Lipinski definition) is 3. The van der Waals surface area contributed by atoms with E-state index >= 15 is 0 Å². The van der Waals surface area contributed by atoms with Gasteiger partial charge in [0, 0.05) is 0 Å². The van der Waals surface area contributed by atoms with Gasteiger partial charge in [-0.25, -0.2) is 10.2 Å². The molecule has 0 spiro atoms. The Labute approximate surface area is 118 Å². The van der Waals surface area contributed by atoms with Crippen molar-refractivity contribution in [2.45, 2.75) is 6.92 Å². The molecule has 0 bridgehead atoms. The highest BCUT2D eigenvalue weighted by Gasteiger charge is 2.04. The van der Waals surface area contributed by atoms with Gasteiger partial charge in [0.25, 0.3) is 0 Å².